The van der Waals surface area contributed by atoms with Gasteiger partial charge in [0.05, 0.1) is 59.9 Å². The largest absolute Gasteiger partial charge is 0.435 e. The van der Waals surface area contributed by atoms with E-state index in [1.54, 1.807) is 199 Å². The summed E-state index contributed by atoms with van der Waals surface area (Å²) in [4.78, 5) is 79.7. The standard InChI is InChI=1S/C20H18F3N3O.C18H20F3N3O.2C16H18F3N3O.C15H13F6N3O.C15H16F3N3O2/c1-25(2)19(27)16-10-8-15(9-11-16)17-12-18(20(21,22)23)24-26(17)13-14-6-4-3-5-7-14;1-23(2)17(25)13-9-7-12(8-10-13)15-11-16(18(19,20)21)22-24(15)14-5-3-4-6-14;1-4-9-22-13(10-14(20-22)16(17,18)19)11-5-7-12(8-6-11)15(23)21(2)3;1-4-9-22-14(16(17,18)19)10-13(20-22)11-5-7-12(8-6-11)15(23)21(2)3;1-23(2)13(25)10-5-3-9(4-6-10)11-7-12(15(19,20)21)22-24(11)8-14(16,17)18;1-20(2)14(23)11-5-3-10(4-6-11)12-9-13(15(16,17)18)19-21(12)7-8-22/h3-12H,13H2,1-2H3;7-11,14H,3-6H2,1-2H3;2*5-8,10H,4,9H2,1-3H3;3-7H,8H2,1-2H3;3-6,9,22H,7-8H2,1-2H3. The van der Waals surface area contributed by atoms with Gasteiger partial charge in [0, 0.05) is 137 Å². The lowest BCUT2D eigenvalue weighted by molar-refractivity contribution is -0.148. The second kappa shape index (κ2) is 48.2. The van der Waals surface area contributed by atoms with Gasteiger partial charge in [0.2, 0.25) is 0 Å². The van der Waals surface area contributed by atoms with Gasteiger partial charge < -0.3 is 34.5 Å². The Morgan fingerprint density at radius 1 is 0.301 bits per heavy atom. The molecular formula is C100H103F21N18O7. The van der Waals surface area contributed by atoms with Crippen molar-refractivity contribution in [3.8, 4) is 67.5 Å². The van der Waals surface area contributed by atoms with Gasteiger partial charge in [-0.1, -0.05) is 130 Å². The topological polar surface area (TPSA) is 249 Å². The van der Waals surface area contributed by atoms with E-state index in [0.29, 0.717) is 98.2 Å². The number of aliphatic hydroxyl groups excluding tert-OH is 1. The van der Waals surface area contributed by atoms with Crippen LogP contribution >= 0.6 is 0 Å². The van der Waals surface area contributed by atoms with Gasteiger partial charge in [0.15, 0.2) is 28.5 Å². The lowest BCUT2D eigenvalue weighted by Crippen LogP contribution is -2.21. The summed E-state index contributed by atoms with van der Waals surface area (Å²) in [5, 5.41) is 30.8. The van der Waals surface area contributed by atoms with Crippen molar-refractivity contribution in [1.82, 2.24) is 88.1 Å². The zero-order valence-electron chi connectivity index (χ0n) is 81.2. The van der Waals surface area contributed by atoms with Crippen molar-refractivity contribution >= 4 is 35.4 Å². The molecule has 0 unspecified atom stereocenters. The Labute approximate surface area is 824 Å². The third kappa shape index (κ3) is 30.8. The molecule has 146 heavy (non-hydrogen) atoms. The predicted octanol–water partition coefficient (Wildman–Crippen LogP) is 22.2. The number of aryl methyl sites for hydroxylation is 2. The molecule has 0 atom stereocenters. The Balaban J connectivity index is 0.000000195. The van der Waals surface area contributed by atoms with Crippen molar-refractivity contribution in [1.29, 1.82) is 0 Å². The fraction of sp³-hybridized carbons (Fsp3) is 0.340. The molecule has 6 amide bonds. The molecule has 0 saturated heterocycles. The second-order valence-corrected chi connectivity index (χ2v) is 34.3. The van der Waals surface area contributed by atoms with Gasteiger partial charge in [-0.05, 0) is 168 Å². The Kier molecular flexibility index (Phi) is 37.9. The van der Waals surface area contributed by atoms with Crippen molar-refractivity contribution in [3.63, 3.8) is 0 Å². The Morgan fingerprint density at radius 3 is 0.849 bits per heavy atom. The molecule has 14 rings (SSSR count). The number of rotatable bonds is 22. The van der Waals surface area contributed by atoms with E-state index in [1.165, 1.54) is 81.8 Å². The monoisotopic (exact) mass is 2070 g/mol. The summed E-state index contributed by atoms with van der Waals surface area (Å²) in [6, 6.07) is 52.2. The van der Waals surface area contributed by atoms with E-state index in [1.807, 2.05) is 37.3 Å². The highest BCUT2D eigenvalue weighted by atomic mass is 19.4. The van der Waals surface area contributed by atoms with E-state index in [2.05, 4.69) is 30.6 Å². The highest BCUT2D eigenvalue weighted by Gasteiger charge is 2.42. The number of nitrogens with zero attached hydrogens (tertiary/aromatic N) is 18. The first kappa shape index (κ1) is 115. The third-order valence-corrected chi connectivity index (χ3v) is 21.7. The molecule has 1 N–H and O–H groups in total. The van der Waals surface area contributed by atoms with Crippen molar-refractivity contribution in [2.45, 2.75) is 134 Å². The number of aromatic nitrogens is 12. The van der Waals surface area contributed by atoms with Gasteiger partial charge in [-0.2, -0.15) is 123 Å². The molecule has 1 saturated carbocycles. The van der Waals surface area contributed by atoms with Crippen LogP contribution in [-0.4, -0.2) is 226 Å². The van der Waals surface area contributed by atoms with Crippen LogP contribution in [0, 0.1) is 0 Å². The summed E-state index contributed by atoms with van der Waals surface area (Å²) in [5.74, 6) is -1.18. The van der Waals surface area contributed by atoms with Crippen LogP contribution in [0.2, 0.25) is 0 Å². The normalized spacial score (nSPS) is 12.4. The first-order valence-corrected chi connectivity index (χ1v) is 44.7. The molecule has 1 aliphatic rings. The number of hydrogen-bond acceptors (Lipinski definition) is 13. The lowest BCUT2D eigenvalue weighted by atomic mass is 10.1. The van der Waals surface area contributed by atoms with Crippen molar-refractivity contribution < 1.29 is 126 Å². The smallest absolute Gasteiger partial charge is 0.394 e. The zero-order valence-corrected chi connectivity index (χ0v) is 81.2. The van der Waals surface area contributed by atoms with Crippen LogP contribution in [0.15, 0.2) is 212 Å². The summed E-state index contributed by atoms with van der Waals surface area (Å²) in [6.45, 7) is 2.44. The molecule has 1 aliphatic carbocycles. The van der Waals surface area contributed by atoms with Gasteiger partial charge in [-0.25, -0.2) is 0 Å². The maximum Gasteiger partial charge on any atom is 0.435 e. The Hall–Kier alpha value is -14.9. The van der Waals surface area contributed by atoms with E-state index >= 15 is 0 Å². The molecule has 0 bridgehead atoms. The second-order valence-electron chi connectivity index (χ2n) is 34.3. The number of halogens is 21. The average molecular weight is 2070 g/mol. The van der Waals surface area contributed by atoms with Crippen LogP contribution in [0.3, 0.4) is 0 Å². The minimum absolute atomic E-state index is 0.00539. The number of amides is 6. The molecule has 13 aromatic rings. The molecule has 46 heteroatoms. The van der Waals surface area contributed by atoms with E-state index in [0.717, 1.165) is 70.9 Å². The number of carbonyl (C=O) groups excluding carboxylic acids is 6. The first-order chi connectivity index (χ1) is 68.1. The summed E-state index contributed by atoms with van der Waals surface area (Å²) < 4.78 is 278. The Bertz CT molecular complexity index is 6420. The molecule has 7 aromatic carbocycles. The maximum absolute atomic E-state index is 13.2. The number of alkyl halides is 21. The lowest BCUT2D eigenvalue weighted by Gasteiger charge is -2.15. The van der Waals surface area contributed by atoms with Crippen molar-refractivity contribution in [3.05, 3.63) is 285 Å². The SMILES string of the molecule is CCCn1nc(-c2ccc(C(=O)N(C)C)cc2)cc1C(F)(F)F.CCCn1nc(C(F)(F)F)cc1-c1ccc(C(=O)N(C)C)cc1.CN(C)C(=O)c1ccc(-c2cc(C(F)(F)F)nn2C2CCCC2)cc1.CN(C)C(=O)c1ccc(-c2cc(C(F)(F)F)nn2CC(F)(F)F)cc1.CN(C)C(=O)c1ccc(-c2cc(C(F)(F)F)nn2CCO)cc1.CN(C)C(=O)c1ccc(-c2cc(C(F)(F)F)nn2Cc2ccccc2)cc1. The summed E-state index contributed by atoms with van der Waals surface area (Å²) in [7, 11) is 19.4. The number of aliphatic hydroxyl groups is 1. The molecular weight excluding hydrogens is 1960 g/mol. The van der Waals surface area contributed by atoms with E-state index in [4.69, 9.17) is 5.11 Å². The van der Waals surface area contributed by atoms with Crippen LogP contribution in [-0.2, 0) is 69.8 Å². The molecule has 6 aromatic heterocycles. The van der Waals surface area contributed by atoms with E-state index in [9.17, 15) is 121 Å². The van der Waals surface area contributed by atoms with Crippen LogP contribution < -0.4 is 0 Å². The zero-order chi connectivity index (χ0) is 108. The minimum atomic E-state index is -4.87. The maximum atomic E-state index is 13.2. The van der Waals surface area contributed by atoms with Crippen LogP contribution in [0.1, 0.15) is 160 Å². The highest BCUT2D eigenvalue weighted by Crippen LogP contribution is 2.42. The molecule has 782 valence electrons. The predicted molar refractivity (Wildman–Crippen MR) is 501 cm³/mol. The minimum Gasteiger partial charge on any atom is -0.394 e. The van der Waals surface area contributed by atoms with E-state index in [-0.39, 0.29) is 101 Å². The molecule has 6 heterocycles. The van der Waals surface area contributed by atoms with Crippen LogP contribution in [0.4, 0.5) is 92.2 Å². The molecule has 1 fully saturated rings. The summed E-state index contributed by atoms with van der Waals surface area (Å²) in [5.41, 5.74) is 1.75. The molecule has 0 spiro atoms. The van der Waals surface area contributed by atoms with Crippen LogP contribution in [0.25, 0.3) is 67.5 Å². The van der Waals surface area contributed by atoms with Gasteiger partial charge in [-0.15, -0.1) is 0 Å². The third-order valence-electron chi connectivity index (χ3n) is 21.7. The summed E-state index contributed by atoms with van der Waals surface area (Å²) in [6.07, 6.45) is -27.2. The van der Waals surface area contributed by atoms with Crippen molar-refractivity contribution in [2.75, 3.05) is 91.2 Å². The fourth-order valence-corrected chi connectivity index (χ4v) is 14.6. The quantitative estimate of drug-likeness (QED) is 0.0621. The Morgan fingerprint density at radius 2 is 0.562 bits per heavy atom. The summed E-state index contributed by atoms with van der Waals surface area (Å²) >= 11 is 0. The van der Waals surface area contributed by atoms with Gasteiger partial charge in [0.25, 0.3) is 35.4 Å². The van der Waals surface area contributed by atoms with Crippen LogP contribution in [0.5, 0.6) is 0 Å². The number of benzene rings is 7. The number of carbonyl (C=O) groups is 6. The molecule has 0 aliphatic heterocycles. The van der Waals surface area contributed by atoms with E-state index < -0.39 is 83.9 Å². The van der Waals surface area contributed by atoms with Gasteiger partial charge in [-0.3, -0.25) is 56.9 Å². The molecule has 0 radical (unpaired) electrons. The molecule has 25 nitrogen and oxygen atoms in total. The highest BCUT2D eigenvalue weighted by molar-refractivity contribution is 5.97. The average Bonchev–Trinajstić information content (AvgIpc) is 1.62. The van der Waals surface area contributed by atoms with Gasteiger partial charge >= 0.3 is 43.2 Å². The van der Waals surface area contributed by atoms with Crippen molar-refractivity contribution in [2.24, 2.45) is 0 Å². The number of hydrogen-bond donors (Lipinski definition) is 1. The fourth-order valence-electron chi connectivity index (χ4n) is 14.6. The first-order valence-electron chi connectivity index (χ1n) is 44.7. The van der Waals surface area contributed by atoms with Gasteiger partial charge in [0.1, 0.15) is 12.2 Å².